The molecular weight excluding hydrogens is 292 g/mol. The monoisotopic (exact) mass is 316 g/mol. The number of hydrogen-bond donors (Lipinski definition) is 1. The quantitative estimate of drug-likeness (QED) is 0.756. The van der Waals surface area contributed by atoms with E-state index in [2.05, 4.69) is 51.3 Å². The lowest BCUT2D eigenvalue weighted by Crippen LogP contribution is -2.24. The summed E-state index contributed by atoms with van der Waals surface area (Å²) >= 11 is 1.68. The third kappa shape index (κ3) is 5.53. The maximum Gasteiger partial charge on any atom is 0.220 e. The summed E-state index contributed by atoms with van der Waals surface area (Å²) in [4.78, 5) is 13.9. The number of rotatable bonds is 8. The lowest BCUT2D eigenvalue weighted by atomic mass is 10.1. The number of benzene rings is 1. The first kappa shape index (κ1) is 16.6. The van der Waals surface area contributed by atoms with Crippen LogP contribution in [0.5, 0.6) is 0 Å². The minimum Gasteiger partial charge on any atom is -0.378 e. The van der Waals surface area contributed by atoms with E-state index in [0.717, 1.165) is 25.8 Å². The summed E-state index contributed by atoms with van der Waals surface area (Å²) in [7, 11) is 4.08. The van der Waals surface area contributed by atoms with Crippen LogP contribution in [0.4, 0.5) is 5.69 Å². The summed E-state index contributed by atoms with van der Waals surface area (Å²) in [5.74, 6) is 0.147. The smallest absolute Gasteiger partial charge is 0.220 e. The van der Waals surface area contributed by atoms with E-state index in [0.29, 0.717) is 6.42 Å². The second kappa shape index (κ2) is 8.59. The predicted molar refractivity (Wildman–Crippen MR) is 94.7 cm³/mol. The molecule has 0 aliphatic carbocycles. The number of amides is 1. The maximum atomic E-state index is 11.8. The van der Waals surface area contributed by atoms with Gasteiger partial charge in [0.15, 0.2) is 0 Å². The highest BCUT2D eigenvalue weighted by Gasteiger charge is 2.02. The van der Waals surface area contributed by atoms with Crippen LogP contribution >= 0.6 is 11.3 Å². The number of nitrogens with zero attached hydrogens (tertiary/aromatic N) is 1. The van der Waals surface area contributed by atoms with Crippen LogP contribution in [-0.4, -0.2) is 26.5 Å². The molecule has 0 atom stereocenters. The molecular formula is C18H24N2OS. The van der Waals surface area contributed by atoms with Crippen LogP contribution in [0, 0.1) is 0 Å². The fourth-order valence-corrected chi connectivity index (χ4v) is 2.97. The molecule has 0 spiro atoms. The number of hydrogen-bond acceptors (Lipinski definition) is 3. The molecule has 0 fully saturated rings. The molecule has 1 heterocycles. The van der Waals surface area contributed by atoms with Crippen molar-refractivity contribution in [2.45, 2.75) is 25.7 Å². The van der Waals surface area contributed by atoms with Gasteiger partial charge in [0.25, 0.3) is 0 Å². The van der Waals surface area contributed by atoms with Crippen molar-refractivity contribution in [2.24, 2.45) is 0 Å². The Kier molecular flexibility index (Phi) is 6.46. The van der Waals surface area contributed by atoms with E-state index in [1.165, 1.54) is 16.8 Å². The van der Waals surface area contributed by atoms with Crippen molar-refractivity contribution in [3.63, 3.8) is 0 Å². The highest BCUT2D eigenvalue weighted by molar-refractivity contribution is 7.07. The van der Waals surface area contributed by atoms with Crippen LogP contribution in [-0.2, 0) is 17.6 Å². The van der Waals surface area contributed by atoms with Gasteiger partial charge in [-0.2, -0.15) is 11.3 Å². The zero-order valence-corrected chi connectivity index (χ0v) is 14.2. The Morgan fingerprint density at radius 2 is 1.86 bits per heavy atom. The minimum atomic E-state index is 0.147. The Hall–Kier alpha value is -1.81. The summed E-state index contributed by atoms with van der Waals surface area (Å²) < 4.78 is 0. The van der Waals surface area contributed by atoms with Crippen LogP contribution in [0.1, 0.15) is 24.0 Å². The highest BCUT2D eigenvalue weighted by atomic mass is 32.1. The first-order valence-electron chi connectivity index (χ1n) is 7.69. The molecule has 1 aromatic carbocycles. The van der Waals surface area contributed by atoms with E-state index in [1.54, 1.807) is 11.3 Å². The highest BCUT2D eigenvalue weighted by Crippen LogP contribution is 2.13. The van der Waals surface area contributed by atoms with Crippen molar-refractivity contribution in [3.8, 4) is 0 Å². The lowest BCUT2D eigenvalue weighted by Gasteiger charge is -2.12. The number of carbonyl (C=O) groups excluding carboxylic acids is 1. The van der Waals surface area contributed by atoms with E-state index in [4.69, 9.17) is 0 Å². The summed E-state index contributed by atoms with van der Waals surface area (Å²) in [5, 5.41) is 7.15. The van der Waals surface area contributed by atoms with Gasteiger partial charge in [-0.1, -0.05) is 12.1 Å². The predicted octanol–water partition coefficient (Wildman–Crippen LogP) is 3.50. The largest absolute Gasteiger partial charge is 0.378 e. The van der Waals surface area contributed by atoms with Gasteiger partial charge >= 0.3 is 0 Å². The SMILES string of the molecule is CN(C)c1ccc(CCCNC(=O)CCc2ccsc2)cc1. The molecule has 2 rings (SSSR count). The summed E-state index contributed by atoms with van der Waals surface area (Å²) in [6.45, 7) is 0.748. The van der Waals surface area contributed by atoms with Gasteiger partial charge in [-0.3, -0.25) is 4.79 Å². The summed E-state index contributed by atoms with van der Waals surface area (Å²) in [5.41, 5.74) is 3.78. The van der Waals surface area contributed by atoms with E-state index >= 15 is 0 Å². The van der Waals surface area contributed by atoms with Crippen LogP contribution in [0.25, 0.3) is 0 Å². The molecule has 0 unspecified atom stereocenters. The second-order valence-electron chi connectivity index (χ2n) is 5.65. The maximum absolute atomic E-state index is 11.8. The molecule has 3 nitrogen and oxygen atoms in total. The normalized spacial score (nSPS) is 10.5. The third-order valence-corrected chi connectivity index (χ3v) is 4.37. The Bertz CT molecular complexity index is 561. The van der Waals surface area contributed by atoms with Crippen LogP contribution in [0.15, 0.2) is 41.1 Å². The molecule has 1 N–H and O–H groups in total. The Labute approximate surface area is 137 Å². The van der Waals surface area contributed by atoms with Gasteiger partial charge < -0.3 is 10.2 Å². The van der Waals surface area contributed by atoms with Crippen LogP contribution in [0.3, 0.4) is 0 Å². The van der Waals surface area contributed by atoms with Crippen molar-refractivity contribution in [1.82, 2.24) is 5.32 Å². The van der Waals surface area contributed by atoms with Crippen LogP contribution < -0.4 is 10.2 Å². The fraction of sp³-hybridized carbons (Fsp3) is 0.389. The molecule has 118 valence electrons. The number of nitrogens with one attached hydrogen (secondary N) is 1. The first-order valence-corrected chi connectivity index (χ1v) is 8.63. The molecule has 0 radical (unpaired) electrons. The molecule has 4 heteroatoms. The number of anilines is 1. The average Bonchev–Trinajstić information content (AvgIpc) is 3.03. The molecule has 0 aliphatic rings. The number of aryl methyl sites for hydroxylation is 2. The summed E-state index contributed by atoms with van der Waals surface area (Å²) in [6, 6.07) is 10.7. The van der Waals surface area contributed by atoms with Gasteiger partial charge in [-0.25, -0.2) is 0 Å². The van der Waals surface area contributed by atoms with E-state index in [9.17, 15) is 4.79 Å². The zero-order valence-electron chi connectivity index (χ0n) is 13.3. The van der Waals surface area contributed by atoms with Crippen molar-refractivity contribution in [3.05, 3.63) is 52.2 Å². The van der Waals surface area contributed by atoms with Gasteiger partial charge in [0.2, 0.25) is 5.91 Å². The van der Waals surface area contributed by atoms with Crippen molar-refractivity contribution >= 4 is 22.9 Å². The molecule has 0 saturated carbocycles. The molecule has 1 amide bonds. The Morgan fingerprint density at radius 3 is 2.50 bits per heavy atom. The Balaban J connectivity index is 1.61. The van der Waals surface area contributed by atoms with Gasteiger partial charge in [0.05, 0.1) is 0 Å². The number of carbonyl (C=O) groups is 1. The van der Waals surface area contributed by atoms with Gasteiger partial charge in [0.1, 0.15) is 0 Å². The fourth-order valence-electron chi connectivity index (χ4n) is 2.26. The second-order valence-corrected chi connectivity index (χ2v) is 6.43. The number of thiophene rings is 1. The summed E-state index contributed by atoms with van der Waals surface area (Å²) in [6.07, 6.45) is 3.39. The van der Waals surface area contributed by atoms with E-state index < -0.39 is 0 Å². The van der Waals surface area contributed by atoms with Crippen molar-refractivity contribution in [2.75, 3.05) is 25.5 Å². The standard InChI is InChI=1S/C18H24N2OS/c1-20(2)17-8-5-15(6-9-17)4-3-12-19-18(21)10-7-16-11-13-22-14-16/h5-6,8-9,11,13-14H,3-4,7,10,12H2,1-2H3,(H,19,21). The van der Waals surface area contributed by atoms with Gasteiger partial charge in [-0.05, 0) is 59.3 Å². The van der Waals surface area contributed by atoms with Gasteiger partial charge in [-0.15, -0.1) is 0 Å². The molecule has 2 aromatic rings. The van der Waals surface area contributed by atoms with Crippen LogP contribution in [0.2, 0.25) is 0 Å². The third-order valence-electron chi connectivity index (χ3n) is 3.64. The van der Waals surface area contributed by atoms with E-state index in [-0.39, 0.29) is 5.91 Å². The molecule has 0 aliphatic heterocycles. The Morgan fingerprint density at radius 1 is 1.09 bits per heavy atom. The molecule has 0 saturated heterocycles. The average molecular weight is 316 g/mol. The first-order chi connectivity index (χ1) is 10.6. The van der Waals surface area contributed by atoms with Gasteiger partial charge in [0, 0.05) is 32.7 Å². The molecule has 1 aromatic heterocycles. The molecule has 0 bridgehead atoms. The van der Waals surface area contributed by atoms with E-state index in [1.807, 2.05) is 14.1 Å². The molecule has 22 heavy (non-hydrogen) atoms. The van der Waals surface area contributed by atoms with Crippen molar-refractivity contribution in [1.29, 1.82) is 0 Å². The minimum absolute atomic E-state index is 0.147. The topological polar surface area (TPSA) is 32.3 Å². The lowest BCUT2D eigenvalue weighted by molar-refractivity contribution is -0.121. The zero-order chi connectivity index (χ0) is 15.8. The van der Waals surface area contributed by atoms with Crippen molar-refractivity contribution < 1.29 is 4.79 Å².